The predicted molar refractivity (Wildman–Crippen MR) is 71.9 cm³/mol. The molecule has 20 heavy (non-hydrogen) atoms. The van der Waals surface area contributed by atoms with Gasteiger partial charge in [-0.1, -0.05) is 31.2 Å². The number of imide groups is 1. The van der Waals surface area contributed by atoms with Crippen molar-refractivity contribution in [1.82, 2.24) is 4.90 Å². The van der Waals surface area contributed by atoms with Crippen LogP contribution in [0.1, 0.15) is 34.1 Å². The number of rotatable bonds is 2. The van der Waals surface area contributed by atoms with Crippen LogP contribution < -0.4 is 0 Å². The van der Waals surface area contributed by atoms with E-state index in [9.17, 15) is 19.8 Å². The molecule has 3 rings (SSSR count). The van der Waals surface area contributed by atoms with E-state index in [4.69, 9.17) is 0 Å². The SMILES string of the molecule is CCC(O)(O)N1C(=O)c2cccc3cccc(c23)C1=O. The summed E-state index contributed by atoms with van der Waals surface area (Å²) >= 11 is 0. The maximum atomic E-state index is 12.4. The van der Waals surface area contributed by atoms with E-state index in [1.807, 2.05) is 12.1 Å². The Balaban J connectivity index is 2.32. The van der Waals surface area contributed by atoms with Crippen LogP contribution in [0.4, 0.5) is 0 Å². The molecule has 0 aromatic heterocycles. The van der Waals surface area contributed by atoms with E-state index in [2.05, 4.69) is 0 Å². The van der Waals surface area contributed by atoms with Gasteiger partial charge in [0.25, 0.3) is 17.7 Å². The lowest BCUT2D eigenvalue weighted by Gasteiger charge is -2.35. The van der Waals surface area contributed by atoms with Crippen LogP contribution in [0.15, 0.2) is 36.4 Å². The summed E-state index contributed by atoms with van der Waals surface area (Å²) in [5, 5.41) is 21.2. The molecule has 2 aromatic carbocycles. The first-order valence-electron chi connectivity index (χ1n) is 6.32. The van der Waals surface area contributed by atoms with Gasteiger partial charge in [0.2, 0.25) is 0 Å². The van der Waals surface area contributed by atoms with Crippen molar-refractivity contribution in [2.45, 2.75) is 19.3 Å². The molecule has 0 saturated carbocycles. The Kier molecular flexibility index (Phi) is 2.64. The van der Waals surface area contributed by atoms with Crippen molar-refractivity contribution in [1.29, 1.82) is 0 Å². The zero-order valence-electron chi connectivity index (χ0n) is 10.8. The molecule has 0 fully saturated rings. The van der Waals surface area contributed by atoms with Gasteiger partial charge in [-0.3, -0.25) is 9.59 Å². The van der Waals surface area contributed by atoms with Crippen molar-refractivity contribution >= 4 is 22.6 Å². The summed E-state index contributed by atoms with van der Waals surface area (Å²) in [5.74, 6) is -3.86. The molecule has 0 aliphatic carbocycles. The van der Waals surface area contributed by atoms with Gasteiger partial charge in [0.15, 0.2) is 0 Å². The normalized spacial score (nSPS) is 15.1. The van der Waals surface area contributed by atoms with Crippen molar-refractivity contribution in [2.24, 2.45) is 0 Å². The fourth-order valence-electron chi connectivity index (χ4n) is 2.51. The number of hydrogen-bond donors (Lipinski definition) is 2. The van der Waals surface area contributed by atoms with Gasteiger partial charge in [0.05, 0.1) is 0 Å². The first-order chi connectivity index (χ1) is 9.47. The van der Waals surface area contributed by atoms with Crippen molar-refractivity contribution < 1.29 is 19.8 Å². The molecule has 102 valence electrons. The molecule has 1 heterocycles. The minimum absolute atomic E-state index is 0.164. The maximum absolute atomic E-state index is 12.4. The van der Waals surface area contributed by atoms with Gasteiger partial charge in [-0.2, -0.15) is 0 Å². The third-order valence-corrected chi connectivity index (χ3v) is 3.60. The molecule has 2 aromatic rings. The highest BCUT2D eigenvalue weighted by molar-refractivity contribution is 6.25. The molecule has 5 nitrogen and oxygen atoms in total. The highest BCUT2D eigenvalue weighted by atomic mass is 16.5. The van der Waals surface area contributed by atoms with Crippen molar-refractivity contribution in [3.8, 4) is 0 Å². The molecule has 0 bridgehead atoms. The number of hydrogen-bond acceptors (Lipinski definition) is 4. The third kappa shape index (κ3) is 1.57. The first kappa shape index (κ1) is 12.8. The average molecular weight is 271 g/mol. The zero-order valence-corrected chi connectivity index (χ0v) is 10.8. The Morgan fingerprint density at radius 2 is 1.50 bits per heavy atom. The second-order valence-electron chi connectivity index (χ2n) is 4.78. The molecule has 0 atom stereocenters. The summed E-state index contributed by atoms with van der Waals surface area (Å²) in [6.07, 6.45) is -0.164. The van der Waals surface area contributed by atoms with E-state index in [-0.39, 0.29) is 6.42 Å². The Morgan fingerprint density at radius 1 is 1.00 bits per heavy atom. The lowest BCUT2D eigenvalue weighted by atomic mass is 9.93. The molecule has 1 aliphatic rings. The van der Waals surface area contributed by atoms with Crippen LogP contribution in [0.3, 0.4) is 0 Å². The summed E-state index contributed by atoms with van der Waals surface area (Å²) in [6, 6.07) is 10.2. The summed E-state index contributed by atoms with van der Waals surface area (Å²) in [6.45, 7) is 1.49. The number of amides is 2. The fraction of sp³-hybridized carbons (Fsp3) is 0.200. The molecular formula is C15H13NO4. The second-order valence-corrected chi connectivity index (χ2v) is 4.78. The molecule has 2 N–H and O–H groups in total. The maximum Gasteiger partial charge on any atom is 0.265 e. The smallest absolute Gasteiger partial charge is 0.265 e. The summed E-state index contributed by atoms with van der Waals surface area (Å²) in [4.78, 5) is 25.3. The molecule has 2 amide bonds. The molecule has 1 aliphatic heterocycles. The molecule has 5 heteroatoms. The van der Waals surface area contributed by atoms with E-state index >= 15 is 0 Å². The summed E-state index contributed by atoms with van der Waals surface area (Å²) < 4.78 is 0. The van der Waals surface area contributed by atoms with Gasteiger partial charge in [0.1, 0.15) is 0 Å². The van der Waals surface area contributed by atoms with Crippen LogP contribution in [0.2, 0.25) is 0 Å². The van der Waals surface area contributed by atoms with Gasteiger partial charge in [0, 0.05) is 22.9 Å². The van der Waals surface area contributed by atoms with Crippen molar-refractivity contribution in [3.05, 3.63) is 47.5 Å². The van der Waals surface area contributed by atoms with E-state index in [1.165, 1.54) is 6.92 Å². The van der Waals surface area contributed by atoms with Crippen LogP contribution in [0, 0.1) is 0 Å². The third-order valence-electron chi connectivity index (χ3n) is 3.60. The van der Waals surface area contributed by atoms with E-state index in [0.717, 1.165) is 5.39 Å². The monoisotopic (exact) mass is 271 g/mol. The minimum atomic E-state index is -2.48. The Bertz CT molecular complexity index is 685. The Morgan fingerprint density at radius 3 is 1.95 bits per heavy atom. The average Bonchev–Trinajstić information content (AvgIpc) is 2.44. The standard InChI is InChI=1S/C15H13NO4/c1-2-15(19,20)16-13(17)10-7-3-5-9-6-4-8-11(12(9)10)14(16)18/h3-8,19-20H,2H2,1H3. The lowest BCUT2D eigenvalue weighted by Crippen LogP contribution is -2.56. The molecule has 0 radical (unpaired) electrons. The first-order valence-corrected chi connectivity index (χ1v) is 6.32. The molecular weight excluding hydrogens is 258 g/mol. The summed E-state index contributed by atoms with van der Waals surface area (Å²) in [7, 11) is 0. The Hall–Kier alpha value is -2.24. The van der Waals surface area contributed by atoms with Gasteiger partial charge >= 0.3 is 0 Å². The number of benzene rings is 2. The number of carbonyl (C=O) groups is 2. The van der Waals surface area contributed by atoms with Gasteiger partial charge in [-0.05, 0) is 17.5 Å². The van der Waals surface area contributed by atoms with Crippen molar-refractivity contribution in [3.63, 3.8) is 0 Å². The largest absolute Gasteiger partial charge is 0.348 e. The molecule has 0 unspecified atom stereocenters. The van der Waals surface area contributed by atoms with E-state index < -0.39 is 17.7 Å². The van der Waals surface area contributed by atoms with Crippen LogP contribution >= 0.6 is 0 Å². The van der Waals surface area contributed by atoms with Gasteiger partial charge < -0.3 is 10.2 Å². The predicted octanol–water partition coefficient (Wildman–Crippen LogP) is 1.48. The Labute approximate surface area is 115 Å². The zero-order chi connectivity index (χ0) is 14.5. The minimum Gasteiger partial charge on any atom is -0.348 e. The van der Waals surface area contributed by atoms with Crippen LogP contribution in [0.5, 0.6) is 0 Å². The number of carbonyl (C=O) groups excluding carboxylic acids is 2. The highest BCUT2D eigenvalue weighted by Crippen LogP contribution is 2.32. The highest BCUT2D eigenvalue weighted by Gasteiger charge is 2.44. The summed E-state index contributed by atoms with van der Waals surface area (Å²) in [5.41, 5.74) is 0.609. The number of nitrogens with zero attached hydrogens (tertiary/aromatic N) is 1. The lowest BCUT2D eigenvalue weighted by molar-refractivity contribution is -0.230. The van der Waals surface area contributed by atoms with Gasteiger partial charge in [-0.15, -0.1) is 0 Å². The quantitative estimate of drug-likeness (QED) is 0.640. The molecule has 0 spiro atoms. The van der Waals surface area contributed by atoms with E-state index in [0.29, 0.717) is 21.4 Å². The molecule has 0 saturated heterocycles. The van der Waals surface area contributed by atoms with E-state index in [1.54, 1.807) is 24.3 Å². The number of aliphatic hydroxyl groups is 2. The van der Waals surface area contributed by atoms with Crippen LogP contribution in [-0.2, 0) is 0 Å². The van der Waals surface area contributed by atoms with Crippen LogP contribution in [-0.4, -0.2) is 32.8 Å². The topological polar surface area (TPSA) is 77.8 Å². The van der Waals surface area contributed by atoms with Crippen molar-refractivity contribution in [2.75, 3.05) is 0 Å². The van der Waals surface area contributed by atoms with Crippen LogP contribution in [0.25, 0.3) is 10.8 Å². The van der Waals surface area contributed by atoms with Gasteiger partial charge in [-0.25, -0.2) is 4.90 Å². The second kappa shape index (κ2) is 4.13. The fourth-order valence-corrected chi connectivity index (χ4v) is 2.51.